The third kappa shape index (κ3) is 7.22. The van der Waals surface area contributed by atoms with Crippen LogP contribution >= 0.6 is 0 Å². The summed E-state index contributed by atoms with van der Waals surface area (Å²) in [6.07, 6.45) is 3.01. The highest BCUT2D eigenvalue weighted by Gasteiger charge is 2.22. The molecule has 154 valence electrons. The molecule has 0 fully saturated rings. The fourth-order valence-electron chi connectivity index (χ4n) is 2.87. The van der Waals surface area contributed by atoms with Gasteiger partial charge in [-0.05, 0) is 29.5 Å². The van der Waals surface area contributed by atoms with E-state index >= 15 is 0 Å². The van der Waals surface area contributed by atoms with E-state index in [0.717, 1.165) is 24.4 Å². The monoisotopic (exact) mass is 386 g/mol. The lowest BCUT2D eigenvalue weighted by Crippen LogP contribution is -2.32. The second kappa shape index (κ2) is 10.7. The van der Waals surface area contributed by atoms with E-state index in [1.54, 1.807) is 12.1 Å². The lowest BCUT2D eigenvalue weighted by molar-refractivity contribution is -0.117. The van der Waals surface area contributed by atoms with Crippen LogP contribution in [0.25, 0.3) is 0 Å². The van der Waals surface area contributed by atoms with E-state index in [9.17, 15) is 9.59 Å². The first kappa shape index (κ1) is 23.5. The van der Waals surface area contributed by atoms with E-state index in [1.807, 2.05) is 50.9 Å². The number of Topliss-reactive ketones (excluding diaryl/α,β-unsaturated/α-hetero) is 1. The molecule has 0 amide bonds. The minimum absolute atomic E-state index is 0.0660. The number of rotatable bonds is 10. The summed E-state index contributed by atoms with van der Waals surface area (Å²) in [5.41, 5.74) is 1.95. The van der Waals surface area contributed by atoms with Crippen LogP contribution in [-0.2, 0) is 16.1 Å². The van der Waals surface area contributed by atoms with Gasteiger partial charge in [-0.15, -0.1) is 0 Å². The summed E-state index contributed by atoms with van der Waals surface area (Å²) in [7, 11) is 3.30. The normalized spacial score (nSPS) is 12.1. The van der Waals surface area contributed by atoms with Crippen LogP contribution in [-0.4, -0.2) is 37.4 Å². The number of methoxy groups -OCH3 is 1. The molecule has 0 saturated carbocycles. The predicted octanol–water partition coefficient (Wildman–Crippen LogP) is 4.31. The van der Waals surface area contributed by atoms with Gasteiger partial charge in [0, 0.05) is 26.6 Å². The van der Waals surface area contributed by atoms with E-state index < -0.39 is 0 Å². The molecule has 0 radical (unpaired) electrons. The van der Waals surface area contributed by atoms with Crippen molar-refractivity contribution in [2.45, 2.75) is 47.1 Å². The van der Waals surface area contributed by atoms with Gasteiger partial charge in [-0.3, -0.25) is 4.79 Å². The Labute approximate surface area is 169 Å². The lowest BCUT2D eigenvalue weighted by atomic mass is 9.87. The van der Waals surface area contributed by atoms with Crippen LogP contribution in [0.5, 0.6) is 0 Å². The number of hydrogen-bond donors (Lipinski definition) is 1. The third-order valence-electron chi connectivity index (χ3n) is 4.14. The number of hydrogen-bond acceptors (Lipinski definition) is 5. The molecular weight excluding hydrogens is 352 g/mol. The van der Waals surface area contributed by atoms with Crippen molar-refractivity contribution < 1.29 is 14.3 Å². The minimum Gasteiger partial charge on any atom is -0.465 e. The number of allylic oxidation sites excluding steroid dienone is 2. The molecule has 0 bridgehead atoms. The van der Waals surface area contributed by atoms with Crippen LogP contribution in [0.4, 0.5) is 0 Å². The summed E-state index contributed by atoms with van der Waals surface area (Å²) in [6.45, 7) is 13.4. The zero-order valence-electron chi connectivity index (χ0n) is 18.1. The summed E-state index contributed by atoms with van der Waals surface area (Å²) >= 11 is 0. The fraction of sp³-hybridized carbons (Fsp3) is 0.478. The van der Waals surface area contributed by atoms with Crippen LogP contribution in [0.3, 0.4) is 0 Å². The van der Waals surface area contributed by atoms with Crippen molar-refractivity contribution in [3.63, 3.8) is 0 Å². The molecule has 0 aliphatic heterocycles. The van der Waals surface area contributed by atoms with Crippen molar-refractivity contribution in [1.82, 2.24) is 10.2 Å². The first-order valence-corrected chi connectivity index (χ1v) is 9.65. The van der Waals surface area contributed by atoms with E-state index in [0.29, 0.717) is 24.1 Å². The summed E-state index contributed by atoms with van der Waals surface area (Å²) < 4.78 is 4.80. The van der Waals surface area contributed by atoms with E-state index in [-0.39, 0.29) is 17.2 Å². The van der Waals surface area contributed by atoms with Gasteiger partial charge in [0.1, 0.15) is 5.82 Å². The molecule has 0 atom stereocenters. The summed E-state index contributed by atoms with van der Waals surface area (Å²) in [5, 5.41) is 3.38. The Kier molecular flexibility index (Phi) is 8.97. The second-order valence-electron chi connectivity index (χ2n) is 8.10. The molecule has 5 heteroatoms. The number of nitrogens with one attached hydrogen (secondary N) is 1. The summed E-state index contributed by atoms with van der Waals surface area (Å²) in [5.74, 6) is 0.461. The molecule has 1 N–H and O–H groups in total. The first-order valence-electron chi connectivity index (χ1n) is 9.65. The Bertz CT molecular complexity index is 730. The van der Waals surface area contributed by atoms with Gasteiger partial charge < -0.3 is 15.0 Å². The molecule has 1 aromatic rings. The molecule has 0 heterocycles. The zero-order chi connectivity index (χ0) is 21.3. The van der Waals surface area contributed by atoms with Gasteiger partial charge in [-0.25, -0.2) is 4.79 Å². The van der Waals surface area contributed by atoms with E-state index in [2.05, 4.69) is 18.8 Å². The van der Waals surface area contributed by atoms with E-state index in [1.165, 1.54) is 7.11 Å². The van der Waals surface area contributed by atoms with Gasteiger partial charge in [-0.1, -0.05) is 52.5 Å². The van der Waals surface area contributed by atoms with Crippen LogP contribution in [0, 0.1) is 5.41 Å². The topological polar surface area (TPSA) is 58.6 Å². The number of esters is 1. The number of carbonyl (C=O) groups is 2. The van der Waals surface area contributed by atoms with Crippen LogP contribution in [0.1, 0.15) is 56.5 Å². The molecule has 5 nitrogen and oxygen atoms in total. The molecule has 0 aliphatic carbocycles. The highest BCUT2D eigenvalue weighted by Crippen LogP contribution is 2.23. The second-order valence-corrected chi connectivity index (χ2v) is 8.10. The lowest BCUT2D eigenvalue weighted by Gasteiger charge is -2.27. The number of benzene rings is 1. The molecule has 0 aromatic heterocycles. The Morgan fingerprint density at radius 1 is 1.29 bits per heavy atom. The van der Waals surface area contributed by atoms with Gasteiger partial charge >= 0.3 is 5.97 Å². The van der Waals surface area contributed by atoms with Gasteiger partial charge in [0.05, 0.1) is 18.2 Å². The van der Waals surface area contributed by atoms with Crippen LogP contribution in [0.15, 0.2) is 48.3 Å². The van der Waals surface area contributed by atoms with Crippen molar-refractivity contribution in [3.8, 4) is 0 Å². The zero-order valence-corrected chi connectivity index (χ0v) is 18.1. The maximum absolute atomic E-state index is 12.9. The Balaban J connectivity index is 3.19. The highest BCUT2D eigenvalue weighted by molar-refractivity contribution is 5.98. The molecule has 0 unspecified atom stereocenters. The van der Waals surface area contributed by atoms with Crippen LogP contribution in [0.2, 0.25) is 0 Å². The highest BCUT2D eigenvalue weighted by atomic mass is 16.5. The van der Waals surface area contributed by atoms with Crippen molar-refractivity contribution in [2.75, 3.05) is 20.7 Å². The molecule has 1 aromatic carbocycles. The third-order valence-corrected chi connectivity index (χ3v) is 4.14. The molecule has 0 aliphatic rings. The van der Waals surface area contributed by atoms with Gasteiger partial charge in [-0.2, -0.15) is 0 Å². The summed E-state index contributed by atoms with van der Waals surface area (Å²) in [4.78, 5) is 26.7. The molecular formula is C23H34N2O3. The van der Waals surface area contributed by atoms with E-state index in [4.69, 9.17) is 4.74 Å². The summed E-state index contributed by atoms with van der Waals surface area (Å²) in [6, 6.07) is 7.32. The predicted molar refractivity (Wildman–Crippen MR) is 114 cm³/mol. The van der Waals surface area contributed by atoms with Crippen molar-refractivity contribution in [3.05, 3.63) is 59.4 Å². The Morgan fingerprint density at radius 3 is 2.50 bits per heavy atom. The first-order chi connectivity index (χ1) is 13.1. The minimum atomic E-state index is -0.364. The standard InChI is InChI=1S/C23H34N2O3/c1-8-13-24-21(19(9-2)20(26)15-23(3,4)5)25(6)16-17-11-10-12-18(14-17)22(27)28-7/h9-12,14,24H,2,8,13,15-16H2,1,3-7H3/b21-19+. The van der Waals surface area contributed by atoms with Crippen LogP contribution < -0.4 is 5.32 Å². The average molecular weight is 387 g/mol. The largest absolute Gasteiger partial charge is 0.465 e. The molecule has 0 spiro atoms. The average Bonchev–Trinajstić information content (AvgIpc) is 2.62. The Hall–Kier alpha value is -2.56. The van der Waals surface area contributed by atoms with Crippen molar-refractivity contribution in [1.29, 1.82) is 0 Å². The maximum atomic E-state index is 12.9. The number of ketones is 1. The Morgan fingerprint density at radius 2 is 1.96 bits per heavy atom. The van der Waals surface area contributed by atoms with Gasteiger partial charge in [0.15, 0.2) is 5.78 Å². The smallest absolute Gasteiger partial charge is 0.337 e. The maximum Gasteiger partial charge on any atom is 0.337 e. The number of carbonyl (C=O) groups excluding carboxylic acids is 2. The fourth-order valence-corrected chi connectivity index (χ4v) is 2.87. The number of nitrogens with zero attached hydrogens (tertiary/aromatic N) is 1. The van der Waals surface area contributed by atoms with Crippen molar-refractivity contribution >= 4 is 11.8 Å². The molecule has 28 heavy (non-hydrogen) atoms. The van der Waals surface area contributed by atoms with Gasteiger partial charge in [0.25, 0.3) is 0 Å². The SMILES string of the molecule is C=C/C(C(=O)CC(C)(C)C)=C(/NCCC)N(C)Cc1cccc(C(=O)OC)c1. The quantitative estimate of drug-likeness (QED) is 0.369. The van der Waals surface area contributed by atoms with Crippen molar-refractivity contribution in [2.24, 2.45) is 5.41 Å². The molecule has 0 saturated heterocycles. The molecule has 1 rings (SSSR count). The van der Waals surface area contributed by atoms with Gasteiger partial charge in [0.2, 0.25) is 0 Å². The number of ether oxygens (including phenoxy) is 1.